The van der Waals surface area contributed by atoms with Crippen LogP contribution >= 0.6 is 0 Å². The smallest absolute Gasteiger partial charge is 0.0979 e. The van der Waals surface area contributed by atoms with Gasteiger partial charge in [0.2, 0.25) is 0 Å². The third-order valence-corrected chi connectivity index (χ3v) is 3.42. The van der Waals surface area contributed by atoms with Gasteiger partial charge in [-0.25, -0.2) is 0 Å². The Morgan fingerprint density at radius 2 is 1.57 bits per heavy atom. The average molecular weight is 274 g/mol. The van der Waals surface area contributed by atoms with E-state index in [9.17, 15) is 0 Å². The number of hydrogen-bond acceptors (Lipinski definition) is 1. The van der Waals surface area contributed by atoms with Gasteiger partial charge in [-0.1, -0.05) is 60.7 Å². The van der Waals surface area contributed by atoms with Crippen molar-refractivity contribution in [2.75, 3.05) is 5.32 Å². The number of nitrogens with zero attached hydrogens (tertiary/aromatic N) is 1. The van der Waals surface area contributed by atoms with Crippen LogP contribution in [0.3, 0.4) is 0 Å². The van der Waals surface area contributed by atoms with E-state index in [0.717, 1.165) is 11.5 Å². The summed E-state index contributed by atoms with van der Waals surface area (Å²) in [6, 6.07) is 25.0. The Morgan fingerprint density at radius 3 is 2.38 bits per heavy atom. The third-order valence-electron chi connectivity index (χ3n) is 3.42. The minimum Gasteiger partial charge on any atom is -0.344 e. The molecule has 0 bridgehead atoms. The molecule has 21 heavy (non-hydrogen) atoms. The second-order valence-corrected chi connectivity index (χ2v) is 5.07. The van der Waals surface area contributed by atoms with Crippen LogP contribution in [0.1, 0.15) is 12.5 Å². The molecule has 3 aromatic rings. The summed E-state index contributed by atoms with van der Waals surface area (Å²) in [5.74, 6) is 0.925. The molecule has 0 unspecified atom stereocenters. The Bertz CT molecular complexity index is 761. The Morgan fingerprint density at radius 1 is 0.857 bits per heavy atom. The third kappa shape index (κ3) is 3.48. The quantitative estimate of drug-likeness (QED) is 0.534. The monoisotopic (exact) mass is 274 g/mol. The molecule has 0 aliphatic rings. The highest BCUT2D eigenvalue weighted by Crippen LogP contribution is 2.18. The number of anilines is 1. The number of hydrogen-bond donors (Lipinski definition) is 1. The Balaban J connectivity index is 1.72. The van der Waals surface area contributed by atoms with E-state index in [1.807, 2.05) is 25.1 Å². The second kappa shape index (κ2) is 6.23. The van der Waals surface area contributed by atoms with Crippen molar-refractivity contribution in [2.24, 2.45) is 4.99 Å². The summed E-state index contributed by atoms with van der Waals surface area (Å²) >= 11 is 0. The van der Waals surface area contributed by atoms with Crippen LogP contribution in [0.15, 0.2) is 77.8 Å². The molecule has 0 aliphatic carbocycles. The number of benzene rings is 3. The van der Waals surface area contributed by atoms with Gasteiger partial charge >= 0.3 is 0 Å². The molecule has 3 rings (SSSR count). The van der Waals surface area contributed by atoms with Crippen molar-refractivity contribution in [1.29, 1.82) is 0 Å². The molecule has 0 saturated carbocycles. The molecular weight excluding hydrogens is 256 g/mol. The molecule has 0 heterocycles. The molecule has 0 atom stereocenters. The van der Waals surface area contributed by atoms with E-state index >= 15 is 0 Å². The van der Waals surface area contributed by atoms with E-state index < -0.39 is 0 Å². The first-order valence-corrected chi connectivity index (χ1v) is 7.12. The number of rotatable bonds is 3. The lowest BCUT2D eigenvalue weighted by Crippen LogP contribution is -2.07. The zero-order valence-corrected chi connectivity index (χ0v) is 12.1. The maximum absolute atomic E-state index is 4.58. The normalized spacial score (nSPS) is 11.6. The van der Waals surface area contributed by atoms with E-state index in [2.05, 4.69) is 64.9 Å². The van der Waals surface area contributed by atoms with Crippen molar-refractivity contribution in [3.63, 3.8) is 0 Å². The van der Waals surface area contributed by atoms with E-state index in [4.69, 9.17) is 0 Å². The zero-order chi connectivity index (χ0) is 14.5. The molecule has 3 aromatic carbocycles. The molecule has 2 heteroatoms. The molecule has 0 aliphatic heterocycles. The topological polar surface area (TPSA) is 24.4 Å². The summed E-state index contributed by atoms with van der Waals surface area (Å²) in [6.07, 6.45) is 0. The Hall–Kier alpha value is -2.61. The van der Waals surface area contributed by atoms with Crippen LogP contribution in [0, 0.1) is 0 Å². The molecule has 0 amide bonds. The van der Waals surface area contributed by atoms with E-state index in [-0.39, 0.29) is 0 Å². The van der Waals surface area contributed by atoms with Gasteiger partial charge in [0.1, 0.15) is 0 Å². The van der Waals surface area contributed by atoms with Gasteiger partial charge in [-0.05, 0) is 35.4 Å². The van der Waals surface area contributed by atoms with Gasteiger partial charge in [-0.2, -0.15) is 0 Å². The number of aliphatic imine (C=N–C) groups is 1. The second-order valence-electron chi connectivity index (χ2n) is 5.07. The first-order valence-electron chi connectivity index (χ1n) is 7.12. The first kappa shape index (κ1) is 13.4. The number of amidine groups is 1. The number of fused-ring (bicyclic) bond motifs is 1. The van der Waals surface area contributed by atoms with Crippen LogP contribution in [-0.4, -0.2) is 5.84 Å². The van der Waals surface area contributed by atoms with Crippen molar-refractivity contribution < 1.29 is 0 Å². The summed E-state index contributed by atoms with van der Waals surface area (Å²) in [7, 11) is 0. The van der Waals surface area contributed by atoms with Crippen LogP contribution in [0.25, 0.3) is 10.8 Å². The average Bonchev–Trinajstić information content (AvgIpc) is 2.54. The summed E-state index contributed by atoms with van der Waals surface area (Å²) in [5.41, 5.74) is 2.29. The molecule has 0 spiro atoms. The van der Waals surface area contributed by atoms with Crippen molar-refractivity contribution in [2.45, 2.75) is 13.5 Å². The summed E-state index contributed by atoms with van der Waals surface area (Å²) in [4.78, 5) is 4.58. The highest BCUT2D eigenvalue weighted by atomic mass is 15.0. The van der Waals surface area contributed by atoms with Crippen molar-refractivity contribution in [1.82, 2.24) is 0 Å². The molecule has 0 fully saturated rings. The van der Waals surface area contributed by atoms with E-state index in [1.165, 1.54) is 16.3 Å². The highest BCUT2D eigenvalue weighted by Gasteiger charge is 1.97. The summed E-state index contributed by atoms with van der Waals surface area (Å²) in [6.45, 7) is 2.70. The van der Waals surface area contributed by atoms with Crippen LogP contribution in [0.5, 0.6) is 0 Å². The largest absolute Gasteiger partial charge is 0.344 e. The standard InChI is InChI=1S/C19H18N2/c1-15(20-14-16-7-3-2-4-8-16)21-19-12-11-17-9-5-6-10-18(17)13-19/h2-13H,14H2,1H3,(H,20,21). The van der Waals surface area contributed by atoms with Gasteiger partial charge in [0, 0.05) is 5.69 Å². The van der Waals surface area contributed by atoms with Crippen LogP contribution in [0.2, 0.25) is 0 Å². The van der Waals surface area contributed by atoms with Gasteiger partial charge < -0.3 is 5.32 Å². The first-order chi connectivity index (χ1) is 10.3. The van der Waals surface area contributed by atoms with Crippen LogP contribution in [-0.2, 0) is 6.54 Å². The van der Waals surface area contributed by atoms with Crippen molar-refractivity contribution in [3.05, 3.63) is 78.4 Å². The fourth-order valence-corrected chi connectivity index (χ4v) is 2.31. The molecular formula is C19H18N2. The fraction of sp³-hybridized carbons (Fsp3) is 0.105. The number of nitrogens with one attached hydrogen (secondary N) is 1. The maximum Gasteiger partial charge on any atom is 0.0979 e. The van der Waals surface area contributed by atoms with Crippen molar-refractivity contribution in [3.8, 4) is 0 Å². The zero-order valence-electron chi connectivity index (χ0n) is 12.1. The fourth-order valence-electron chi connectivity index (χ4n) is 2.31. The Labute approximate surface area is 125 Å². The van der Waals surface area contributed by atoms with Crippen molar-refractivity contribution >= 4 is 22.3 Å². The van der Waals surface area contributed by atoms with Gasteiger partial charge in [0.25, 0.3) is 0 Å². The molecule has 0 saturated heterocycles. The summed E-state index contributed by atoms with van der Waals surface area (Å²) < 4.78 is 0. The lowest BCUT2D eigenvalue weighted by Gasteiger charge is -2.07. The molecule has 104 valence electrons. The van der Waals surface area contributed by atoms with Crippen LogP contribution < -0.4 is 5.32 Å². The van der Waals surface area contributed by atoms with E-state index in [1.54, 1.807) is 0 Å². The predicted octanol–water partition coefficient (Wildman–Crippen LogP) is 4.87. The molecule has 0 aromatic heterocycles. The SMILES string of the molecule is CC(=NCc1ccccc1)Nc1ccc2ccccc2c1. The van der Waals surface area contributed by atoms with Crippen LogP contribution in [0.4, 0.5) is 5.69 Å². The maximum atomic E-state index is 4.58. The summed E-state index contributed by atoms with van der Waals surface area (Å²) in [5, 5.41) is 5.84. The highest BCUT2D eigenvalue weighted by molar-refractivity contribution is 5.96. The van der Waals surface area contributed by atoms with Gasteiger partial charge in [-0.15, -0.1) is 0 Å². The minimum absolute atomic E-state index is 0.702. The molecule has 1 N–H and O–H groups in total. The molecule has 0 radical (unpaired) electrons. The lowest BCUT2D eigenvalue weighted by atomic mass is 10.1. The minimum atomic E-state index is 0.702. The lowest BCUT2D eigenvalue weighted by molar-refractivity contribution is 1.06. The Kier molecular flexibility index (Phi) is 3.97. The van der Waals surface area contributed by atoms with E-state index in [0.29, 0.717) is 6.54 Å². The van der Waals surface area contributed by atoms with Gasteiger partial charge in [0.05, 0.1) is 12.4 Å². The predicted molar refractivity (Wildman–Crippen MR) is 90.8 cm³/mol. The molecule has 2 nitrogen and oxygen atoms in total. The van der Waals surface area contributed by atoms with Gasteiger partial charge in [0.15, 0.2) is 0 Å². The van der Waals surface area contributed by atoms with Gasteiger partial charge in [-0.3, -0.25) is 4.99 Å².